The highest BCUT2D eigenvalue weighted by Crippen LogP contribution is 2.42. The quantitative estimate of drug-likeness (QED) is 0.457. The maximum Gasteiger partial charge on any atom is 0.266 e. The third kappa shape index (κ3) is 4.65. The molecule has 2 rings (SSSR count). The highest BCUT2D eigenvalue weighted by Gasteiger charge is 2.16. The number of nitrogens with one attached hydrogen (secondary N) is 1. The van der Waals surface area contributed by atoms with Gasteiger partial charge in [0.1, 0.15) is 11.6 Å². The Morgan fingerprint density at radius 2 is 1.96 bits per heavy atom. The number of rotatable bonds is 5. The van der Waals surface area contributed by atoms with E-state index in [2.05, 4.69) is 37.2 Å². The molecule has 2 aromatic carbocycles. The summed E-state index contributed by atoms with van der Waals surface area (Å²) in [5, 5.41) is 22.2. The summed E-state index contributed by atoms with van der Waals surface area (Å²) in [7, 11) is 0. The summed E-state index contributed by atoms with van der Waals surface area (Å²) in [6.07, 6.45) is 1.43. The molecule has 0 saturated carbocycles. The average molecular weight is 480 g/mol. The zero-order chi connectivity index (χ0) is 19.3. The molecule has 0 heterocycles. The molecule has 0 atom stereocenters. The molecule has 0 saturated heterocycles. The summed E-state index contributed by atoms with van der Waals surface area (Å²) in [5.41, 5.74) is 2.11. The van der Waals surface area contributed by atoms with Crippen LogP contribution in [0.5, 0.6) is 11.5 Å². The Morgan fingerprint density at radius 1 is 1.31 bits per heavy atom. The third-order valence-corrected chi connectivity index (χ3v) is 5.61. The van der Waals surface area contributed by atoms with Crippen LogP contribution in [0.3, 0.4) is 0 Å². The first-order valence-corrected chi connectivity index (χ1v) is 9.29. The van der Waals surface area contributed by atoms with Crippen LogP contribution in [0.4, 0.5) is 5.69 Å². The van der Waals surface area contributed by atoms with Crippen LogP contribution < -0.4 is 10.1 Å². The monoisotopic (exact) mass is 478 g/mol. The Hall–Kier alpha value is -2.30. The highest BCUT2D eigenvalue weighted by atomic mass is 79.9. The molecule has 2 N–H and O–H groups in total. The Balaban J connectivity index is 2.37. The van der Waals surface area contributed by atoms with Gasteiger partial charge in [-0.3, -0.25) is 4.79 Å². The van der Waals surface area contributed by atoms with Crippen LogP contribution in [0.15, 0.2) is 44.9 Å². The van der Waals surface area contributed by atoms with Crippen LogP contribution in [0.2, 0.25) is 0 Å². The number of aryl methyl sites for hydroxylation is 1. The lowest BCUT2D eigenvalue weighted by Gasteiger charge is -2.11. The van der Waals surface area contributed by atoms with Crippen molar-refractivity contribution < 1.29 is 14.6 Å². The average Bonchev–Trinajstić information content (AvgIpc) is 2.63. The summed E-state index contributed by atoms with van der Waals surface area (Å²) in [6.45, 7) is 4.10. The van der Waals surface area contributed by atoms with E-state index in [1.165, 1.54) is 6.08 Å². The molecule has 0 aliphatic heterocycles. The minimum absolute atomic E-state index is 0.0570. The van der Waals surface area contributed by atoms with Crippen molar-refractivity contribution in [1.29, 1.82) is 5.26 Å². The van der Waals surface area contributed by atoms with Gasteiger partial charge in [-0.05, 0) is 75.5 Å². The second kappa shape index (κ2) is 8.88. The van der Waals surface area contributed by atoms with Crippen molar-refractivity contribution in [3.05, 3.63) is 56.0 Å². The largest absolute Gasteiger partial charge is 0.503 e. The fourth-order valence-corrected chi connectivity index (χ4v) is 2.96. The molecular formula is C19H16Br2N2O3. The first-order chi connectivity index (χ1) is 12.4. The fraction of sp³-hybridized carbons (Fsp3) is 0.158. The number of nitrogens with zero attached hydrogens (tertiary/aromatic N) is 1. The molecule has 7 heteroatoms. The molecule has 0 unspecified atom stereocenters. The fourth-order valence-electron chi connectivity index (χ4n) is 2.12. The minimum Gasteiger partial charge on any atom is -0.503 e. The number of hydrogen-bond acceptors (Lipinski definition) is 4. The van der Waals surface area contributed by atoms with E-state index in [-0.39, 0.29) is 17.1 Å². The number of phenols is 1. The molecule has 1 amide bonds. The number of nitriles is 1. The predicted octanol–water partition coefficient (Wildman–Crippen LogP) is 5.17. The highest BCUT2D eigenvalue weighted by molar-refractivity contribution is 9.13. The van der Waals surface area contributed by atoms with Crippen LogP contribution in [-0.2, 0) is 4.79 Å². The van der Waals surface area contributed by atoms with E-state index in [9.17, 15) is 15.2 Å². The number of ether oxygens (including phenoxy) is 1. The first kappa shape index (κ1) is 20.0. The Labute approximate surface area is 168 Å². The van der Waals surface area contributed by atoms with Gasteiger partial charge >= 0.3 is 0 Å². The molecule has 5 nitrogen and oxygen atoms in total. The zero-order valence-corrected chi connectivity index (χ0v) is 17.3. The van der Waals surface area contributed by atoms with Crippen molar-refractivity contribution in [2.24, 2.45) is 0 Å². The molecule has 134 valence electrons. The zero-order valence-electron chi connectivity index (χ0n) is 14.1. The van der Waals surface area contributed by atoms with E-state index in [4.69, 9.17) is 4.74 Å². The molecule has 0 aliphatic carbocycles. The Kier molecular flexibility index (Phi) is 6.83. The van der Waals surface area contributed by atoms with Gasteiger partial charge in [0.25, 0.3) is 5.91 Å². The molecule has 0 radical (unpaired) electrons. The van der Waals surface area contributed by atoms with Crippen molar-refractivity contribution in [3.63, 3.8) is 0 Å². The summed E-state index contributed by atoms with van der Waals surface area (Å²) >= 11 is 6.62. The van der Waals surface area contributed by atoms with Crippen molar-refractivity contribution in [1.82, 2.24) is 0 Å². The topological polar surface area (TPSA) is 82.3 Å². The molecule has 0 spiro atoms. The third-order valence-electron chi connectivity index (χ3n) is 3.45. The van der Waals surface area contributed by atoms with Crippen molar-refractivity contribution >= 4 is 49.5 Å². The number of aromatic hydroxyl groups is 1. The first-order valence-electron chi connectivity index (χ1n) is 7.71. The molecule has 2 aromatic rings. The SMILES string of the molecule is CCOc1cc(/C=C(/C#N)C(=O)Nc2ccc(C)cc2)c(Br)c(Br)c1O. The van der Waals surface area contributed by atoms with Crippen molar-refractivity contribution in [2.45, 2.75) is 13.8 Å². The van der Waals surface area contributed by atoms with Gasteiger partial charge in [0.15, 0.2) is 11.5 Å². The van der Waals surface area contributed by atoms with E-state index in [0.29, 0.717) is 26.8 Å². The number of hydrogen-bond donors (Lipinski definition) is 2. The molecular weight excluding hydrogens is 464 g/mol. The van der Waals surface area contributed by atoms with Crippen LogP contribution in [0, 0.1) is 18.3 Å². The van der Waals surface area contributed by atoms with E-state index in [1.807, 2.05) is 25.1 Å². The number of phenolic OH excluding ortho intramolecular Hbond substituents is 1. The van der Waals surface area contributed by atoms with Gasteiger partial charge in [0, 0.05) is 10.2 Å². The van der Waals surface area contributed by atoms with Crippen LogP contribution in [0.25, 0.3) is 6.08 Å². The van der Waals surface area contributed by atoms with Gasteiger partial charge in [0.2, 0.25) is 0 Å². The standard InChI is InChI=1S/C19H16Br2N2O3/c1-3-26-15-9-12(16(20)17(21)18(15)24)8-13(10-22)19(25)23-14-6-4-11(2)5-7-14/h4-9,24H,3H2,1-2H3,(H,23,25)/b13-8-. The number of halogens is 2. The normalized spacial score (nSPS) is 11.0. The van der Waals surface area contributed by atoms with Crippen molar-refractivity contribution in [3.8, 4) is 17.6 Å². The summed E-state index contributed by atoms with van der Waals surface area (Å²) in [4.78, 5) is 12.4. The van der Waals surface area contributed by atoms with Gasteiger partial charge in [0.05, 0.1) is 11.1 Å². The predicted molar refractivity (Wildman–Crippen MR) is 108 cm³/mol. The number of carbonyl (C=O) groups excluding carboxylic acids is 1. The van der Waals surface area contributed by atoms with Gasteiger partial charge in [-0.15, -0.1) is 0 Å². The summed E-state index contributed by atoms with van der Waals surface area (Å²) in [5.74, 6) is -0.325. The number of anilines is 1. The van der Waals surface area contributed by atoms with E-state index in [0.717, 1.165) is 5.56 Å². The van der Waals surface area contributed by atoms with E-state index >= 15 is 0 Å². The number of carbonyl (C=O) groups is 1. The summed E-state index contributed by atoms with van der Waals surface area (Å²) < 4.78 is 6.27. The molecule has 26 heavy (non-hydrogen) atoms. The van der Waals surface area contributed by atoms with Gasteiger partial charge in [-0.1, -0.05) is 17.7 Å². The summed E-state index contributed by atoms with van der Waals surface area (Å²) in [6, 6.07) is 10.7. The second-order valence-electron chi connectivity index (χ2n) is 5.36. The number of benzene rings is 2. The minimum atomic E-state index is -0.523. The van der Waals surface area contributed by atoms with E-state index < -0.39 is 5.91 Å². The number of amides is 1. The Bertz CT molecular complexity index is 900. The van der Waals surface area contributed by atoms with Crippen LogP contribution in [0.1, 0.15) is 18.1 Å². The molecule has 0 bridgehead atoms. The lowest BCUT2D eigenvalue weighted by atomic mass is 10.1. The Morgan fingerprint density at radius 3 is 2.54 bits per heavy atom. The second-order valence-corrected chi connectivity index (χ2v) is 6.95. The lowest BCUT2D eigenvalue weighted by molar-refractivity contribution is -0.112. The van der Waals surface area contributed by atoms with Gasteiger partial charge in [-0.25, -0.2) is 0 Å². The maximum absolute atomic E-state index is 12.4. The van der Waals surface area contributed by atoms with Crippen LogP contribution >= 0.6 is 31.9 Å². The maximum atomic E-state index is 12.4. The van der Waals surface area contributed by atoms with Gasteiger partial charge in [-0.2, -0.15) is 5.26 Å². The smallest absolute Gasteiger partial charge is 0.266 e. The molecule has 0 aliphatic rings. The molecule has 0 fully saturated rings. The van der Waals surface area contributed by atoms with Gasteiger partial charge < -0.3 is 15.2 Å². The van der Waals surface area contributed by atoms with Crippen molar-refractivity contribution in [2.75, 3.05) is 11.9 Å². The molecule has 0 aromatic heterocycles. The van der Waals surface area contributed by atoms with Crippen LogP contribution in [-0.4, -0.2) is 17.6 Å². The van der Waals surface area contributed by atoms with E-state index in [1.54, 1.807) is 25.1 Å². The lowest BCUT2D eigenvalue weighted by Crippen LogP contribution is -2.13.